The first-order valence-electron chi connectivity index (χ1n) is 7.69. The molecule has 0 radical (unpaired) electrons. The highest BCUT2D eigenvalue weighted by molar-refractivity contribution is 14.1. The lowest BCUT2D eigenvalue weighted by molar-refractivity contribution is -0.114. The first-order valence-corrected chi connectivity index (χ1v) is 8.77. The molecule has 0 aliphatic rings. The molecule has 0 aliphatic carbocycles. The number of amides is 1. The standard InChI is InChI=1S/C18H21IN2O2/c1-2-3-12-23-17-10-8-16(9-11-17)21-18(22)13-20-15-6-4-14(19)5-7-15/h4-11,20H,2-3,12-13H2,1H3,(H,21,22). The number of rotatable bonds is 8. The van der Waals surface area contributed by atoms with E-state index < -0.39 is 0 Å². The number of hydrogen-bond acceptors (Lipinski definition) is 3. The predicted molar refractivity (Wildman–Crippen MR) is 103 cm³/mol. The van der Waals surface area contributed by atoms with Gasteiger partial charge >= 0.3 is 0 Å². The van der Waals surface area contributed by atoms with Gasteiger partial charge in [0.05, 0.1) is 13.2 Å². The second kappa shape index (κ2) is 9.39. The maximum absolute atomic E-state index is 11.9. The molecular weight excluding hydrogens is 403 g/mol. The van der Waals surface area contributed by atoms with Crippen LogP contribution in [0.1, 0.15) is 19.8 Å². The number of carbonyl (C=O) groups is 1. The van der Waals surface area contributed by atoms with Crippen molar-refractivity contribution in [3.8, 4) is 5.75 Å². The number of halogens is 1. The molecule has 5 heteroatoms. The Kier molecular flexibility index (Phi) is 7.19. The number of carbonyl (C=O) groups excluding carboxylic acids is 1. The summed E-state index contributed by atoms with van der Waals surface area (Å²) in [6.45, 7) is 3.09. The van der Waals surface area contributed by atoms with Gasteiger partial charge in [-0.05, 0) is 77.5 Å². The van der Waals surface area contributed by atoms with E-state index in [1.54, 1.807) is 0 Å². The van der Waals surface area contributed by atoms with E-state index in [0.717, 1.165) is 36.6 Å². The summed E-state index contributed by atoms with van der Waals surface area (Å²) in [6.07, 6.45) is 2.16. The van der Waals surface area contributed by atoms with Crippen LogP contribution in [-0.4, -0.2) is 19.1 Å². The predicted octanol–water partition coefficient (Wildman–Crippen LogP) is 4.52. The molecule has 0 bridgehead atoms. The average molecular weight is 424 g/mol. The molecule has 0 heterocycles. The Balaban J connectivity index is 1.77. The van der Waals surface area contributed by atoms with E-state index in [9.17, 15) is 4.79 Å². The highest BCUT2D eigenvalue weighted by Gasteiger charge is 2.03. The van der Waals surface area contributed by atoms with Crippen molar-refractivity contribution in [3.05, 3.63) is 52.1 Å². The van der Waals surface area contributed by atoms with Gasteiger partial charge in [0.2, 0.25) is 5.91 Å². The maximum atomic E-state index is 11.9. The molecule has 0 fully saturated rings. The number of benzene rings is 2. The first-order chi connectivity index (χ1) is 11.2. The van der Waals surface area contributed by atoms with Gasteiger partial charge in [0.1, 0.15) is 5.75 Å². The maximum Gasteiger partial charge on any atom is 0.243 e. The summed E-state index contributed by atoms with van der Waals surface area (Å²) in [7, 11) is 0. The summed E-state index contributed by atoms with van der Waals surface area (Å²) in [4.78, 5) is 11.9. The van der Waals surface area contributed by atoms with Crippen molar-refractivity contribution in [2.45, 2.75) is 19.8 Å². The van der Waals surface area contributed by atoms with Crippen molar-refractivity contribution in [2.75, 3.05) is 23.8 Å². The molecule has 122 valence electrons. The highest BCUT2D eigenvalue weighted by Crippen LogP contribution is 2.16. The van der Waals surface area contributed by atoms with Crippen LogP contribution in [0.5, 0.6) is 5.75 Å². The molecule has 2 aromatic carbocycles. The lowest BCUT2D eigenvalue weighted by Gasteiger charge is -2.09. The molecule has 4 nitrogen and oxygen atoms in total. The largest absolute Gasteiger partial charge is 0.494 e. The van der Waals surface area contributed by atoms with Crippen LogP contribution < -0.4 is 15.4 Å². The average Bonchev–Trinajstić information content (AvgIpc) is 2.56. The second-order valence-electron chi connectivity index (χ2n) is 5.14. The summed E-state index contributed by atoms with van der Waals surface area (Å²) < 4.78 is 6.76. The van der Waals surface area contributed by atoms with Gasteiger partial charge in [-0.15, -0.1) is 0 Å². The van der Waals surface area contributed by atoms with E-state index in [2.05, 4.69) is 40.1 Å². The molecule has 1 amide bonds. The zero-order valence-corrected chi connectivity index (χ0v) is 15.3. The summed E-state index contributed by atoms with van der Waals surface area (Å²) in [5, 5.41) is 5.96. The molecule has 0 aliphatic heterocycles. The van der Waals surface area contributed by atoms with Crippen molar-refractivity contribution in [1.82, 2.24) is 0 Å². The fraction of sp³-hybridized carbons (Fsp3) is 0.278. The summed E-state index contributed by atoms with van der Waals surface area (Å²) in [6, 6.07) is 15.4. The highest BCUT2D eigenvalue weighted by atomic mass is 127. The van der Waals surface area contributed by atoms with Crippen LogP contribution in [0.25, 0.3) is 0 Å². The van der Waals surface area contributed by atoms with Crippen molar-refractivity contribution in [2.24, 2.45) is 0 Å². The smallest absolute Gasteiger partial charge is 0.243 e. The Morgan fingerprint density at radius 3 is 2.35 bits per heavy atom. The molecule has 2 N–H and O–H groups in total. The third-order valence-electron chi connectivity index (χ3n) is 3.20. The third-order valence-corrected chi connectivity index (χ3v) is 3.92. The van der Waals surface area contributed by atoms with Gasteiger partial charge in [0.15, 0.2) is 0 Å². The molecular formula is C18H21IN2O2. The molecule has 0 aromatic heterocycles. The fourth-order valence-corrected chi connectivity index (χ4v) is 2.28. The van der Waals surface area contributed by atoms with Crippen LogP contribution in [0.15, 0.2) is 48.5 Å². The van der Waals surface area contributed by atoms with Gasteiger partial charge < -0.3 is 15.4 Å². The minimum absolute atomic E-state index is 0.0804. The van der Waals surface area contributed by atoms with Crippen molar-refractivity contribution >= 4 is 39.9 Å². The van der Waals surface area contributed by atoms with Crippen LogP contribution in [0.4, 0.5) is 11.4 Å². The number of anilines is 2. The van der Waals surface area contributed by atoms with E-state index in [4.69, 9.17) is 4.74 Å². The van der Waals surface area contributed by atoms with Crippen LogP contribution in [0, 0.1) is 3.57 Å². The first kappa shape index (κ1) is 17.6. The molecule has 0 unspecified atom stereocenters. The molecule has 0 saturated heterocycles. The Hall–Kier alpha value is -1.76. The number of hydrogen-bond donors (Lipinski definition) is 2. The lowest BCUT2D eigenvalue weighted by Crippen LogP contribution is -2.21. The Morgan fingerprint density at radius 1 is 1.04 bits per heavy atom. The van der Waals surface area contributed by atoms with Crippen molar-refractivity contribution < 1.29 is 9.53 Å². The van der Waals surface area contributed by atoms with E-state index in [1.807, 2.05) is 48.5 Å². The topological polar surface area (TPSA) is 50.4 Å². The molecule has 0 saturated carbocycles. The Labute approximate surface area is 150 Å². The van der Waals surface area contributed by atoms with Crippen LogP contribution >= 0.6 is 22.6 Å². The minimum Gasteiger partial charge on any atom is -0.494 e. The van der Waals surface area contributed by atoms with Gasteiger partial charge in [-0.3, -0.25) is 4.79 Å². The van der Waals surface area contributed by atoms with Crippen LogP contribution in [0.3, 0.4) is 0 Å². The van der Waals surface area contributed by atoms with Crippen molar-refractivity contribution in [3.63, 3.8) is 0 Å². The quantitative estimate of drug-likeness (QED) is 0.484. The lowest BCUT2D eigenvalue weighted by atomic mass is 10.3. The van der Waals surface area contributed by atoms with Gasteiger partial charge in [0, 0.05) is 14.9 Å². The van der Waals surface area contributed by atoms with E-state index in [-0.39, 0.29) is 12.5 Å². The van der Waals surface area contributed by atoms with Gasteiger partial charge in [-0.1, -0.05) is 13.3 Å². The number of unbranched alkanes of at least 4 members (excludes halogenated alkanes) is 1. The summed E-state index contributed by atoms with van der Waals surface area (Å²) in [5.41, 5.74) is 1.70. The van der Waals surface area contributed by atoms with E-state index in [1.165, 1.54) is 3.57 Å². The van der Waals surface area contributed by atoms with E-state index >= 15 is 0 Å². The Morgan fingerprint density at radius 2 is 1.70 bits per heavy atom. The van der Waals surface area contributed by atoms with Gasteiger partial charge in [-0.25, -0.2) is 0 Å². The normalized spacial score (nSPS) is 10.2. The zero-order valence-electron chi connectivity index (χ0n) is 13.1. The minimum atomic E-state index is -0.0804. The summed E-state index contributed by atoms with van der Waals surface area (Å²) in [5.74, 6) is 0.747. The van der Waals surface area contributed by atoms with Gasteiger partial charge in [-0.2, -0.15) is 0 Å². The number of ether oxygens (including phenoxy) is 1. The summed E-state index contributed by atoms with van der Waals surface area (Å²) >= 11 is 2.25. The molecule has 2 rings (SSSR count). The Bertz CT molecular complexity index is 612. The van der Waals surface area contributed by atoms with E-state index in [0.29, 0.717) is 0 Å². The molecule has 0 spiro atoms. The number of nitrogens with one attached hydrogen (secondary N) is 2. The van der Waals surface area contributed by atoms with Crippen LogP contribution in [0.2, 0.25) is 0 Å². The molecule has 0 atom stereocenters. The van der Waals surface area contributed by atoms with Gasteiger partial charge in [0.25, 0.3) is 0 Å². The van der Waals surface area contributed by atoms with Crippen LogP contribution in [-0.2, 0) is 4.79 Å². The monoisotopic (exact) mass is 424 g/mol. The third kappa shape index (κ3) is 6.48. The second-order valence-corrected chi connectivity index (χ2v) is 6.38. The molecule has 2 aromatic rings. The fourth-order valence-electron chi connectivity index (χ4n) is 1.92. The zero-order chi connectivity index (χ0) is 16.5. The molecule has 23 heavy (non-hydrogen) atoms. The van der Waals surface area contributed by atoms with Crippen molar-refractivity contribution in [1.29, 1.82) is 0 Å². The SMILES string of the molecule is CCCCOc1ccc(NC(=O)CNc2ccc(I)cc2)cc1.